The lowest BCUT2D eigenvalue weighted by molar-refractivity contribution is 0.0961. The normalized spacial score (nSPS) is 12.2. The summed E-state index contributed by atoms with van der Waals surface area (Å²) in [6.07, 6.45) is -0.710. The fourth-order valence-electron chi connectivity index (χ4n) is 3.66. The van der Waals surface area contributed by atoms with Crippen LogP contribution in [0.2, 0.25) is 0 Å². The second-order valence-electron chi connectivity index (χ2n) is 6.75. The van der Waals surface area contributed by atoms with E-state index in [1.807, 2.05) is 50.2 Å². The first-order valence-electron chi connectivity index (χ1n) is 9.43. The van der Waals surface area contributed by atoms with Crippen LogP contribution in [-0.4, -0.2) is 19.4 Å². The second-order valence-corrected chi connectivity index (χ2v) is 6.75. The van der Waals surface area contributed by atoms with Gasteiger partial charge in [-0.05, 0) is 47.7 Å². The SMILES string of the molecule is CCOc1ccc(C)c(OC(=O)OCC2c3ccccc3-c3ccccc32)c1. The Balaban J connectivity index is 1.48. The van der Waals surface area contributed by atoms with Crippen LogP contribution in [0.5, 0.6) is 11.5 Å². The van der Waals surface area contributed by atoms with Gasteiger partial charge in [-0.25, -0.2) is 4.79 Å². The monoisotopic (exact) mass is 374 g/mol. The Labute approximate surface area is 164 Å². The minimum atomic E-state index is -0.710. The molecule has 142 valence electrons. The van der Waals surface area contributed by atoms with E-state index in [4.69, 9.17) is 14.2 Å². The Morgan fingerprint density at radius 2 is 1.57 bits per heavy atom. The van der Waals surface area contributed by atoms with Crippen molar-refractivity contribution in [2.45, 2.75) is 19.8 Å². The van der Waals surface area contributed by atoms with Crippen molar-refractivity contribution in [2.75, 3.05) is 13.2 Å². The van der Waals surface area contributed by atoms with Crippen molar-refractivity contribution in [2.24, 2.45) is 0 Å². The van der Waals surface area contributed by atoms with Crippen LogP contribution in [0.25, 0.3) is 11.1 Å². The maximum atomic E-state index is 12.3. The van der Waals surface area contributed by atoms with Gasteiger partial charge in [-0.3, -0.25) is 0 Å². The van der Waals surface area contributed by atoms with Gasteiger partial charge >= 0.3 is 6.16 Å². The van der Waals surface area contributed by atoms with Crippen LogP contribution in [0.4, 0.5) is 4.79 Å². The van der Waals surface area contributed by atoms with Crippen molar-refractivity contribution < 1.29 is 19.0 Å². The summed E-state index contributed by atoms with van der Waals surface area (Å²) in [6, 6.07) is 21.9. The Bertz CT molecular complexity index is 963. The largest absolute Gasteiger partial charge is 0.513 e. The van der Waals surface area contributed by atoms with Crippen molar-refractivity contribution in [3.63, 3.8) is 0 Å². The highest BCUT2D eigenvalue weighted by Crippen LogP contribution is 2.44. The van der Waals surface area contributed by atoms with E-state index in [0.29, 0.717) is 18.1 Å². The summed E-state index contributed by atoms with van der Waals surface area (Å²) in [4.78, 5) is 12.3. The van der Waals surface area contributed by atoms with Gasteiger partial charge in [0.2, 0.25) is 0 Å². The first-order chi connectivity index (χ1) is 13.7. The number of fused-ring (bicyclic) bond motifs is 3. The molecule has 0 radical (unpaired) electrons. The van der Waals surface area contributed by atoms with E-state index >= 15 is 0 Å². The number of hydrogen-bond acceptors (Lipinski definition) is 4. The van der Waals surface area contributed by atoms with E-state index in [-0.39, 0.29) is 12.5 Å². The molecule has 0 spiro atoms. The van der Waals surface area contributed by atoms with E-state index in [0.717, 1.165) is 5.56 Å². The standard InChI is InChI=1S/C24H22O4/c1-3-26-17-13-12-16(2)23(14-17)28-24(25)27-15-22-20-10-6-4-8-18(20)19-9-5-7-11-21(19)22/h4-14,22H,3,15H2,1-2H3. The summed E-state index contributed by atoms with van der Waals surface area (Å²) < 4.78 is 16.4. The summed E-state index contributed by atoms with van der Waals surface area (Å²) in [5, 5.41) is 0. The van der Waals surface area contributed by atoms with Gasteiger partial charge < -0.3 is 14.2 Å². The molecule has 1 aliphatic carbocycles. The van der Waals surface area contributed by atoms with Gasteiger partial charge in [0.05, 0.1) is 6.61 Å². The van der Waals surface area contributed by atoms with E-state index < -0.39 is 6.16 Å². The summed E-state index contributed by atoms with van der Waals surface area (Å²) in [5.74, 6) is 1.12. The minimum Gasteiger partial charge on any atom is -0.494 e. The molecule has 0 aromatic heterocycles. The number of aryl methyl sites for hydroxylation is 1. The molecule has 28 heavy (non-hydrogen) atoms. The Morgan fingerprint density at radius 3 is 2.21 bits per heavy atom. The number of hydrogen-bond donors (Lipinski definition) is 0. The highest BCUT2D eigenvalue weighted by molar-refractivity contribution is 5.79. The zero-order valence-corrected chi connectivity index (χ0v) is 16.0. The van der Waals surface area contributed by atoms with Crippen LogP contribution in [-0.2, 0) is 4.74 Å². The van der Waals surface area contributed by atoms with Gasteiger partial charge in [-0.15, -0.1) is 0 Å². The molecule has 3 aromatic rings. The summed E-state index contributed by atoms with van der Waals surface area (Å²) >= 11 is 0. The third kappa shape index (κ3) is 3.46. The van der Waals surface area contributed by atoms with Gasteiger partial charge in [0.15, 0.2) is 0 Å². The van der Waals surface area contributed by atoms with E-state index in [9.17, 15) is 4.79 Å². The van der Waals surface area contributed by atoms with Crippen molar-refractivity contribution in [1.82, 2.24) is 0 Å². The molecule has 0 heterocycles. The number of ether oxygens (including phenoxy) is 3. The van der Waals surface area contributed by atoms with E-state index in [1.54, 1.807) is 6.07 Å². The van der Waals surface area contributed by atoms with Crippen molar-refractivity contribution >= 4 is 6.16 Å². The van der Waals surface area contributed by atoms with Gasteiger partial charge in [-0.1, -0.05) is 54.6 Å². The zero-order valence-electron chi connectivity index (χ0n) is 16.0. The fourth-order valence-corrected chi connectivity index (χ4v) is 3.66. The van der Waals surface area contributed by atoms with Crippen molar-refractivity contribution in [3.05, 3.63) is 83.4 Å². The predicted octanol–water partition coefficient (Wildman–Crippen LogP) is 5.72. The third-order valence-corrected chi connectivity index (χ3v) is 4.99. The van der Waals surface area contributed by atoms with E-state index in [1.165, 1.54) is 22.3 Å². The van der Waals surface area contributed by atoms with Crippen molar-refractivity contribution in [3.8, 4) is 22.6 Å². The summed E-state index contributed by atoms with van der Waals surface area (Å²) in [5.41, 5.74) is 5.58. The first kappa shape index (κ1) is 18.1. The third-order valence-electron chi connectivity index (χ3n) is 4.99. The average Bonchev–Trinajstić information content (AvgIpc) is 3.03. The molecule has 3 aromatic carbocycles. The van der Waals surface area contributed by atoms with Crippen LogP contribution < -0.4 is 9.47 Å². The molecule has 0 atom stereocenters. The van der Waals surface area contributed by atoms with Crippen LogP contribution in [0.1, 0.15) is 29.5 Å². The lowest BCUT2D eigenvalue weighted by atomic mass is 9.98. The molecule has 4 nitrogen and oxygen atoms in total. The molecule has 0 amide bonds. The topological polar surface area (TPSA) is 44.8 Å². The maximum absolute atomic E-state index is 12.3. The molecule has 0 bridgehead atoms. The average molecular weight is 374 g/mol. The summed E-state index contributed by atoms with van der Waals surface area (Å²) in [6.45, 7) is 4.57. The molecule has 0 N–H and O–H groups in total. The minimum absolute atomic E-state index is 0.0100. The van der Waals surface area contributed by atoms with Gasteiger partial charge in [0.1, 0.15) is 18.1 Å². The van der Waals surface area contributed by atoms with Gasteiger partial charge in [0, 0.05) is 12.0 Å². The number of carbonyl (C=O) groups excluding carboxylic acids is 1. The summed E-state index contributed by atoms with van der Waals surface area (Å²) in [7, 11) is 0. The molecule has 0 saturated heterocycles. The van der Waals surface area contributed by atoms with Gasteiger partial charge in [-0.2, -0.15) is 0 Å². The maximum Gasteiger partial charge on any atom is 0.513 e. The molecule has 0 saturated carbocycles. The van der Waals surface area contributed by atoms with Gasteiger partial charge in [0.25, 0.3) is 0 Å². The molecule has 0 aliphatic heterocycles. The molecule has 4 heteroatoms. The zero-order chi connectivity index (χ0) is 19.5. The fraction of sp³-hybridized carbons (Fsp3) is 0.208. The molecule has 0 unspecified atom stereocenters. The molecular formula is C24H22O4. The van der Waals surface area contributed by atoms with Crippen LogP contribution in [0.3, 0.4) is 0 Å². The predicted molar refractivity (Wildman–Crippen MR) is 108 cm³/mol. The molecule has 1 aliphatic rings. The molecular weight excluding hydrogens is 352 g/mol. The lowest BCUT2D eigenvalue weighted by Crippen LogP contribution is -2.16. The van der Waals surface area contributed by atoms with Crippen LogP contribution in [0.15, 0.2) is 66.7 Å². The number of rotatable bonds is 5. The van der Waals surface area contributed by atoms with E-state index in [2.05, 4.69) is 24.3 Å². The molecule has 0 fully saturated rings. The highest BCUT2D eigenvalue weighted by Gasteiger charge is 2.29. The molecule has 4 rings (SSSR count). The smallest absolute Gasteiger partial charge is 0.494 e. The Kier molecular flexibility index (Phi) is 5.02. The quantitative estimate of drug-likeness (QED) is 0.423. The van der Waals surface area contributed by atoms with Crippen molar-refractivity contribution in [1.29, 1.82) is 0 Å². The second kappa shape index (κ2) is 7.77. The number of benzene rings is 3. The first-order valence-corrected chi connectivity index (χ1v) is 9.43. The number of carbonyl (C=O) groups is 1. The Morgan fingerprint density at radius 1 is 0.929 bits per heavy atom. The van der Waals surface area contributed by atoms with Crippen LogP contribution >= 0.6 is 0 Å². The van der Waals surface area contributed by atoms with Crippen LogP contribution in [0, 0.1) is 6.92 Å². The highest BCUT2D eigenvalue weighted by atomic mass is 16.7. The lowest BCUT2D eigenvalue weighted by Gasteiger charge is -2.15. The Hall–Kier alpha value is -3.27.